The predicted octanol–water partition coefficient (Wildman–Crippen LogP) is -0.749. The molecule has 2 rings (SSSR count). The van der Waals surface area contributed by atoms with Crippen molar-refractivity contribution in [3.8, 4) is 0 Å². The van der Waals surface area contributed by atoms with Crippen molar-refractivity contribution < 1.29 is 17.9 Å². The third-order valence-corrected chi connectivity index (χ3v) is 5.85. The number of hydrogen-bond acceptors (Lipinski definition) is 5. The summed E-state index contributed by atoms with van der Waals surface area (Å²) in [5.74, 6) is 0.134. The molecule has 2 heterocycles. The van der Waals surface area contributed by atoms with Gasteiger partial charge >= 0.3 is 0 Å². The van der Waals surface area contributed by atoms with E-state index in [1.807, 2.05) is 0 Å². The number of morpholine rings is 1. The fourth-order valence-corrected chi connectivity index (χ4v) is 4.19. The second-order valence-electron chi connectivity index (χ2n) is 5.48. The third kappa shape index (κ3) is 5.54. The molecule has 2 aliphatic heterocycles. The molecule has 0 atom stereocenters. The van der Waals surface area contributed by atoms with E-state index in [1.165, 1.54) is 4.31 Å². The number of nitrogens with zero attached hydrogens (tertiary/aromatic N) is 2. The van der Waals surface area contributed by atoms with Crippen LogP contribution in [-0.4, -0.2) is 81.8 Å². The van der Waals surface area contributed by atoms with E-state index in [0.29, 0.717) is 19.6 Å². The van der Waals surface area contributed by atoms with Gasteiger partial charge in [0.25, 0.3) is 0 Å². The van der Waals surface area contributed by atoms with Gasteiger partial charge in [-0.25, -0.2) is 12.7 Å². The third-order valence-electron chi connectivity index (χ3n) is 3.90. The molecule has 0 aromatic rings. The van der Waals surface area contributed by atoms with Gasteiger partial charge in [-0.15, -0.1) is 0 Å². The van der Waals surface area contributed by atoms with Gasteiger partial charge in [0.2, 0.25) is 15.9 Å². The average molecular weight is 319 g/mol. The normalized spacial score (nSPS) is 23.8. The van der Waals surface area contributed by atoms with E-state index in [-0.39, 0.29) is 18.1 Å². The molecule has 8 heteroatoms. The van der Waals surface area contributed by atoms with Crippen molar-refractivity contribution in [1.29, 1.82) is 0 Å². The molecule has 2 fully saturated rings. The van der Waals surface area contributed by atoms with Gasteiger partial charge in [-0.1, -0.05) is 0 Å². The summed E-state index contributed by atoms with van der Waals surface area (Å²) < 4.78 is 30.3. The van der Waals surface area contributed by atoms with Crippen LogP contribution in [0.25, 0.3) is 0 Å². The Balaban J connectivity index is 1.60. The zero-order chi connectivity index (χ0) is 15.1. The highest BCUT2D eigenvalue weighted by Crippen LogP contribution is 2.13. The maximum atomic E-state index is 11.8. The summed E-state index contributed by atoms with van der Waals surface area (Å²) in [6.07, 6.45) is 1.85. The highest BCUT2D eigenvalue weighted by atomic mass is 32.2. The molecule has 0 unspecified atom stereocenters. The summed E-state index contributed by atoms with van der Waals surface area (Å²) in [6.45, 7) is 5.57. The van der Waals surface area contributed by atoms with Crippen LogP contribution in [0, 0.1) is 0 Å². The predicted molar refractivity (Wildman–Crippen MR) is 79.5 cm³/mol. The molecular weight excluding hydrogens is 294 g/mol. The van der Waals surface area contributed by atoms with E-state index in [2.05, 4.69) is 10.2 Å². The van der Waals surface area contributed by atoms with Gasteiger partial charge in [-0.2, -0.15) is 0 Å². The summed E-state index contributed by atoms with van der Waals surface area (Å²) in [7, 11) is -3.13. The minimum atomic E-state index is -3.13. The van der Waals surface area contributed by atoms with Crippen LogP contribution in [0.2, 0.25) is 0 Å². The van der Waals surface area contributed by atoms with Crippen molar-refractivity contribution in [1.82, 2.24) is 14.5 Å². The lowest BCUT2D eigenvalue weighted by Crippen LogP contribution is -2.42. The molecule has 0 radical (unpaired) electrons. The number of nitrogens with one attached hydrogen (secondary N) is 1. The minimum absolute atomic E-state index is 0.0796. The summed E-state index contributed by atoms with van der Waals surface area (Å²) in [4.78, 5) is 14.0. The second kappa shape index (κ2) is 8.07. The zero-order valence-electron chi connectivity index (χ0n) is 12.4. The Bertz CT molecular complexity index is 435. The van der Waals surface area contributed by atoms with Gasteiger partial charge in [0, 0.05) is 45.7 Å². The quantitative estimate of drug-likeness (QED) is 0.697. The van der Waals surface area contributed by atoms with Crippen molar-refractivity contribution in [3.05, 3.63) is 0 Å². The first-order valence-electron chi connectivity index (χ1n) is 7.62. The number of carbonyl (C=O) groups is 1. The maximum Gasteiger partial charge on any atom is 0.221 e. The van der Waals surface area contributed by atoms with E-state index in [0.717, 1.165) is 45.7 Å². The number of carbonyl (C=O) groups excluding carboxylic acids is 1. The van der Waals surface area contributed by atoms with Crippen LogP contribution in [0.3, 0.4) is 0 Å². The Morgan fingerprint density at radius 1 is 1.10 bits per heavy atom. The zero-order valence-corrected chi connectivity index (χ0v) is 13.2. The van der Waals surface area contributed by atoms with E-state index in [4.69, 9.17) is 4.74 Å². The van der Waals surface area contributed by atoms with Crippen molar-refractivity contribution >= 4 is 15.9 Å². The Kier molecular flexibility index (Phi) is 6.40. The molecule has 21 heavy (non-hydrogen) atoms. The lowest BCUT2D eigenvalue weighted by atomic mass is 10.3. The molecule has 0 aliphatic carbocycles. The fourth-order valence-electron chi connectivity index (χ4n) is 2.58. The van der Waals surface area contributed by atoms with Crippen molar-refractivity contribution in [2.75, 3.05) is 58.2 Å². The van der Waals surface area contributed by atoms with Gasteiger partial charge in [-0.3, -0.25) is 9.69 Å². The van der Waals surface area contributed by atoms with E-state index in [1.54, 1.807) is 0 Å². The van der Waals surface area contributed by atoms with E-state index in [9.17, 15) is 13.2 Å². The van der Waals surface area contributed by atoms with E-state index < -0.39 is 10.0 Å². The van der Waals surface area contributed by atoms with E-state index >= 15 is 0 Å². The number of sulfonamides is 1. The standard InChI is InChI=1S/C13H25N3O4S/c17-13(14-4-7-15-8-10-20-11-9-15)3-6-16-5-1-2-12-21(16,18)19/h1-12H2,(H,14,17). The van der Waals surface area contributed by atoms with Crippen LogP contribution in [0.4, 0.5) is 0 Å². The van der Waals surface area contributed by atoms with Crippen molar-refractivity contribution in [3.63, 3.8) is 0 Å². The average Bonchev–Trinajstić information content (AvgIpc) is 2.47. The molecule has 2 aliphatic rings. The van der Waals surface area contributed by atoms with Crippen LogP contribution in [-0.2, 0) is 19.6 Å². The topological polar surface area (TPSA) is 79.0 Å². The van der Waals surface area contributed by atoms with Crippen molar-refractivity contribution in [2.45, 2.75) is 19.3 Å². The van der Waals surface area contributed by atoms with Crippen LogP contribution < -0.4 is 5.32 Å². The number of rotatable bonds is 6. The van der Waals surface area contributed by atoms with Gasteiger partial charge in [-0.05, 0) is 12.8 Å². The molecule has 0 saturated carbocycles. The Morgan fingerprint density at radius 2 is 1.86 bits per heavy atom. The monoisotopic (exact) mass is 319 g/mol. The van der Waals surface area contributed by atoms with Gasteiger partial charge in [0.15, 0.2) is 0 Å². The summed E-state index contributed by atoms with van der Waals surface area (Å²) in [6, 6.07) is 0. The van der Waals surface area contributed by atoms with Crippen LogP contribution in [0.1, 0.15) is 19.3 Å². The first-order valence-corrected chi connectivity index (χ1v) is 9.23. The van der Waals surface area contributed by atoms with Gasteiger partial charge in [0.05, 0.1) is 19.0 Å². The number of ether oxygens (including phenoxy) is 1. The lowest BCUT2D eigenvalue weighted by molar-refractivity contribution is -0.121. The summed E-state index contributed by atoms with van der Waals surface area (Å²) >= 11 is 0. The van der Waals surface area contributed by atoms with Crippen LogP contribution >= 0.6 is 0 Å². The molecule has 2 saturated heterocycles. The molecule has 7 nitrogen and oxygen atoms in total. The molecule has 0 aromatic heterocycles. The number of amides is 1. The SMILES string of the molecule is O=C(CCN1CCCCS1(=O)=O)NCCN1CCOCC1. The molecular formula is C13H25N3O4S. The minimum Gasteiger partial charge on any atom is -0.379 e. The van der Waals surface area contributed by atoms with Crippen LogP contribution in [0.15, 0.2) is 0 Å². The molecule has 1 N–H and O–H groups in total. The molecule has 122 valence electrons. The summed E-state index contributed by atoms with van der Waals surface area (Å²) in [5, 5.41) is 2.85. The first kappa shape index (κ1) is 16.7. The van der Waals surface area contributed by atoms with Crippen LogP contribution in [0.5, 0.6) is 0 Å². The Hall–Kier alpha value is -0.700. The molecule has 0 bridgehead atoms. The maximum absolute atomic E-state index is 11.8. The smallest absolute Gasteiger partial charge is 0.221 e. The second-order valence-corrected chi connectivity index (χ2v) is 7.56. The number of hydrogen-bond donors (Lipinski definition) is 1. The fraction of sp³-hybridized carbons (Fsp3) is 0.923. The Morgan fingerprint density at radius 3 is 2.57 bits per heavy atom. The molecule has 0 spiro atoms. The molecule has 1 amide bonds. The van der Waals surface area contributed by atoms with Crippen molar-refractivity contribution in [2.24, 2.45) is 0 Å². The van der Waals surface area contributed by atoms with Gasteiger partial charge < -0.3 is 10.1 Å². The highest BCUT2D eigenvalue weighted by molar-refractivity contribution is 7.89. The largest absolute Gasteiger partial charge is 0.379 e. The lowest BCUT2D eigenvalue weighted by Gasteiger charge is -2.27. The summed E-state index contributed by atoms with van der Waals surface area (Å²) in [5.41, 5.74) is 0. The Labute approximate surface area is 126 Å². The van der Waals surface area contributed by atoms with Gasteiger partial charge in [0.1, 0.15) is 0 Å². The molecule has 0 aromatic carbocycles. The first-order chi connectivity index (χ1) is 10.1. The highest BCUT2D eigenvalue weighted by Gasteiger charge is 2.25.